The summed E-state index contributed by atoms with van der Waals surface area (Å²) in [7, 11) is 0. The molecule has 0 saturated carbocycles. The Labute approximate surface area is 411 Å². The second kappa shape index (κ2) is 23.3. The van der Waals surface area contributed by atoms with Crippen LogP contribution in [0, 0.1) is 27.7 Å². The highest BCUT2D eigenvalue weighted by Gasteiger charge is 2.33. The molecule has 0 bridgehead atoms. The van der Waals surface area contributed by atoms with E-state index < -0.39 is 0 Å². The maximum Gasteiger partial charge on any atom is 0.178 e. The van der Waals surface area contributed by atoms with Gasteiger partial charge in [-0.15, -0.1) is 10.2 Å². The fourth-order valence-electron chi connectivity index (χ4n) is 9.68. The molecule has 0 spiro atoms. The first-order chi connectivity index (χ1) is 34.4. The van der Waals surface area contributed by atoms with Gasteiger partial charge in [-0.3, -0.25) is 29.6 Å². The normalized spacial score (nSPS) is 16.1. The molecule has 8 aromatic rings. The summed E-state index contributed by atoms with van der Waals surface area (Å²) in [6, 6.07) is 41.7. The molecule has 10 rings (SSSR count). The molecule has 14 nitrogen and oxygen atoms in total. The van der Waals surface area contributed by atoms with Crippen LogP contribution >= 0.6 is 0 Å². The van der Waals surface area contributed by atoms with Crippen molar-refractivity contribution in [2.45, 2.75) is 39.8 Å². The van der Waals surface area contributed by atoms with Crippen LogP contribution < -0.4 is 0 Å². The van der Waals surface area contributed by atoms with E-state index in [0.717, 1.165) is 122 Å². The zero-order chi connectivity index (χ0) is 48.1. The predicted molar refractivity (Wildman–Crippen MR) is 276 cm³/mol. The van der Waals surface area contributed by atoms with E-state index in [4.69, 9.17) is 0 Å². The van der Waals surface area contributed by atoms with Crippen LogP contribution in [0.25, 0.3) is 23.5 Å². The van der Waals surface area contributed by atoms with Crippen LogP contribution in [-0.4, -0.2) is 135 Å². The maximum atomic E-state index is 4.54. The number of rotatable bonds is 14. The third kappa shape index (κ3) is 11.6. The Kier molecular flexibility index (Phi) is 15.9. The van der Waals surface area contributed by atoms with Crippen LogP contribution in [0.5, 0.6) is 0 Å². The zero-order valence-corrected chi connectivity index (χ0v) is 40.7. The minimum absolute atomic E-state index is 0.0472. The molecule has 356 valence electrons. The van der Waals surface area contributed by atoms with Crippen LogP contribution in [0.3, 0.4) is 0 Å². The van der Waals surface area contributed by atoms with Gasteiger partial charge in [0.2, 0.25) is 0 Å². The number of nitrogens with zero attached hydrogens (tertiary/aromatic N) is 14. The largest absolute Gasteiger partial charge is 0.297 e. The van der Waals surface area contributed by atoms with Crippen molar-refractivity contribution in [1.29, 1.82) is 0 Å². The first kappa shape index (κ1) is 47.7. The number of aryl methyl sites for hydroxylation is 4. The maximum absolute atomic E-state index is 4.54. The second-order valence-electron chi connectivity index (χ2n) is 18.0. The number of tetrazole rings is 2. The Morgan fingerprint density at radius 3 is 1.14 bits per heavy atom. The number of hydrogen-bond donors (Lipinski definition) is 0. The summed E-state index contributed by atoms with van der Waals surface area (Å²) in [6.45, 7) is 18.0. The lowest BCUT2D eigenvalue weighted by atomic mass is 10.0. The van der Waals surface area contributed by atoms with Crippen molar-refractivity contribution in [1.82, 2.24) is 70.0 Å². The molecular weight excluding hydrogens is 869 g/mol. The van der Waals surface area contributed by atoms with Crippen LogP contribution in [-0.2, 0) is 0 Å². The fraction of sp³-hybridized carbons (Fsp3) is 0.286. The van der Waals surface area contributed by atoms with E-state index in [1.807, 2.05) is 46.3 Å². The minimum atomic E-state index is -0.0472. The molecule has 6 heterocycles. The highest BCUT2D eigenvalue weighted by atomic mass is 15.6. The van der Waals surface area contributed by atoms with Gasteiger partial charge in [-0.25, -0.2) is 0 Å². The molecule has 0 amide bonds. The lowest BCUT2D eigenvalue weighted by Gasteiger charge is -2.38. The van der Waals surface area contributed by atoms with Gasteiger partial charge in [0.25, 0.3) is 0 Å². The van der Waals surface area contributed by atoms with E-state index in [9.17, 15) is 0 Å². The summed E-state index contributed by atoms with van der Waals surface area (Å²) in [5.41, 5.74) is 11.5. The van der Waals surface area contributed by atoms with Crippen molar-refractivity contribution >= 4 is 12.2 Å². The highest BCUT2D eigenvalue weighted by Crippen LogP contribution is 2.32. The second-order valence-corrected chi connectivity index (χ2v) is 18.0. The van der Waals surface area contributed by atoms with Crippen molar-refractivity contribution in [3.05, 3.63) is 214 Å². The van der Waals surface area contributed by atoms with Gasteiger partial charge in [0, 0.05) is 90.2 Å². The van der Waals surface area contributed by atoms with E-state index in [1.54, 1.807) is 0 Å². The molecule has 0 aliphatic carbocycles. The Bertz CT molecular complexity index is 2680. The number of pyridine rings is 2. The third-order valence-electron chi connectivity index (χ3n) is 13.3. The standard InChI is InChI=1S/2C28H31N7/c2*1-22-8-6-9-23(2)26(22)35-28(30-31-32-35)27(25-13-15-29-16-14-25)34-20-18-33(19-21-34)17-7-12-24-10-4-3-5-11-24/h2*3-16,27H,17-21H2,1-2H3/b2*12-7+/t2*27-/m10/s1. The first-order valence-corrected chi connectivity index (χ1v) is 24.3. The zero-order valence-electron chi connectivity index (χ0n) is 40.7. The first-order valence-electron chi connectivity index (χ1n) is 24.3. The van der Waals surface area contributed by atoms with Gasteiger partial charge < -0.3 is 0 Å². The van der Waals surface area contributed by atoms with Crippen LogP contribution in [0.2, 0.25) is 0 Å². The summed E-state index contributed by atoms with van der Waals surface area (Å²) in [6.07, 6.45) is 16.3. The number of hydrogen-bond acceptors (Lipinski definition) is 12. The predicted octanol–water partition coefficient (Wildman–Crippen LogP) is 8.19. The number of para-hydroxylation sites is 2. The van der Waals surface area contributed by atoms with Crippen molar-refractivity contribution < 1.29 is 0 Å². The quantitative estimate of drug-likeness (QED) is 0.104. The van der Waals surface area contributed by atoms with E-state index in [-0.39, 0.29) is 12.1 Å². The highest BCUT2D eigenvalue weighted by molar-refractivity contribution is 5.51. The summed E-state index contributed by atoms with van der Waals surface area (Å²) in [5.74, 6) is 1.68. The molecule has 4 aromatic heterocycles. The summed E-state index contributed by atoms with van der Waals surface area (Å²) >= 11 is 0. The van der Waals surface area contributed by atoms with Crippen molar-refractivity contribution in [2.24, 2.45) is 0 Å². The number of benzene rings is 4. The van der Waals surface area contributed by atoms with Gasteiger partial charge in [0.05, 0.1) is 23.5 Å². The molecule has 2 saturated heterocycles. The van der Waals surface area contributed by atoms with Crippen LogP contribution in [0.1, 0.15) is 68.2 Å². The molecule has 14 heteroatoms. The third-order valence-corrected chi connectivity index (χ3v) is 13.3. The van der Waals surface area contributed by atoms with E-state index in [2.05, 4.69) is 222 Å². The molecule has 70 heavy (non-hydrogen) atoms. The molecule has 2 fully saturated rings. The summed E-state index contributed by atoms with van der Waals surface area (Å²) in [4.78, 5) is 18.4. The average molecular weight is 931 g/mol. The van der Waals surface area contributed by atoms with Gasteiger partial charge in [-0.2, -0.15) is 9.36 Å². The molecular formula is C56H62N14. The van der Waals surface area contributed by atoms with Crippen molar-refractivity contribution in [3.8, 4) is 11.4 Å². The smallest absolute Gasteiger partial charge is 0.178 e. The van der Waals surface area contributed by atoms with Gasteiger partial charge in [0.1, 0.15) is 0 Å². The fourth-order valence-corrected chi connectivity index (χ4v) is 9.68. The van der Waals surface area contributed by atoms with Crippen LogP contribution in [0.4, 0.5) is 0 Å². The Morgan fingerprint density at radius 1 is 0.429 bits per heavy atom. The van der Waals surface area contributed by atoms with Crippen molar-refractivity contribution in [3.63, 3.8) is 0 Å². The Hall–Kier alpha value is -7.36. The monoisotopic (exact) mass is 931 g/mol. The van der Waals surface area contributed by atoms with Gasteiger partial charge in [-0.1, -0.05) is 121 Å². The molecule has 0 N–H and O–H groups in total. The van der Waals surface area contributed by atoms with Gasteiger partial charge in [0.15, 0.2) is 11.6 Å². The van der Waals surface area contributed by atoms with E-state index >= 15 is 0 Å². The average Bonchev–Trinajstić information content (AvgIpc) is 4.07. The lowest BCUT2D eigenvalue weighted by Crippen LogP contribution is -2.48. The molecule has 2 atom stereocenters. The van der Waals surface area contributed by atoms with Crippen molar-refractivity contribution in [2.75, 3.05) is 65.4 Å². The molecule has 4 aromatic carbocycles. The Balaban J connectivity index is 0.000000174. The molecule has 2 aliphatic rings. The number of aromatic nitrogens is 10. The SMILES string of the molecule is Cc1cccc(C)c1-n1nnnc1[C@@H](c1ccncc1)N1CCN(C/C=C/c2ccccc2)CC1.Cc1cccc(C)c1-n1nnnc1[C@H](c1ccncc1)N1CCN(C/C=C/c2ccccc2)CC1. The number of piperazine rings is 2. The lowest BCUT2D eigenvalue weighted by molar-refractivity contribution is 0.113. The Morgan fingerprint density at radius 2 is 0.786 bits per heavy atom. The van der Waals surface area contributed by atoms with E-state index in [0.29, 0.717) is 0 Å². The van der Waals surface area contributed by atoms with Crippen LogP contribution in [0.15, 0.2) is 158 Å². The topological polar surface area (TPSA) is 126 Å². The molecule has 0 unspecified atom stereocenters. The van der Waals surface area contributed by atoms with Gasteiger partial charge in [-0.05, 0) is 117 Å². The van der Waals surface area contributed by atoms with Gasteiger partial charge >= 0.3 is 0 Å². The summed E-state index contributed by atoms with van der Waals surface area (Å²) in [5, 5.41) is 26.2. The minimum Gasteiger partial charge on any atom is -0.297 e. The van der Waals surface area contributed by atoms with E-state index in [1.165, 1.54) is 11.1 Å². The molecule has 0 radical (unpaired) electrons. The summed E-state index contributed by atoms with van der Waals surface area (Å²) < 4.78 is 3.84. The molecule has 2 aliphatic heterocycles.